The number of nitrogens with one attached hydrogen (secondary N) is 2. The van der Waals surface area contributed by atoms with Crippen molar-refractivity contribution in [2.45, 2.75) is 12.2 Å². The Bertz CT molecular complexity index is 1040. The zero-order valence-electron chi connectivity index (χ0n) is 16.5. The molecule has 0 saturated carbocycles. The minimum absolute atomic E-state index is 0.184. The number of benzene rings is 3. The Morgan fingerprint density at radius 2 is 1.50 bits per heavy atom. The molecule has 1 fully saturated rings. The molecule has 2 amide bonds. The Labute approximate surface area is 174 Å². The van der Waals surface area contributed by atoms with Crippen LogP contribution in [0.3, 0.4) is 0 Å². The third-order valence-corrected chi connectivity index (χ3v) is 5.42. The Balaban J connectivity index is 1.28. The molecule has 1 heterocycles. The molecule has 6 heteroatoms. The van der Waals surface area contributed by atoms with E-state index in [2.05, 4.69) is 10.6 Å². The molecule has 1 aliphatic rings. The molecule has 0 aromatic heterocycles. The lowest BCUT2D eigenvalue weighted by molar-refractivity contribution is 0.0384. The topological polar surface area (TPSA) is 87.7 Å². The van der Waals surface area contributed by atoms with Gasteiger partial charge in [-0.15, -0.1) is 0 Å². The van der Waals surface area contributed by atoms with Crippen LogP contribution < -0.4 is 10.6 Å². The normalized spacial score (nSPS) is 20.8. The van der Waals surface area contributed by atoms with Gasteiger partial charge in [0.1, 0.15) is 6.10 Å². The minimum Gasteiger partial charge on any atom is -0.390 e. The van der Waals surface area contributed by atoms with Gasteiger partial charge in [0.25, 0.3) is 11.8 Å². The second-order valence-electron chi connectivity index (χ2n) is 7.47. The van der Waals surface area contributed by atoms with Crippen LogP contribution in [0.1, 0.15) is 20.7 Å². The van der Waals surface area contributed by atoms with Crippen LogP contribution in [-0.4, -0.2) is 48.8 Å². The van der Waals surface area contributed by atoms with Crippen LogP contribution in [0.5, 0.6) is 0 Å². The fourth-order valence-electron chi connectivity index (χ4n) is 3.65. The predicted octanol–water partition coefficient (Wildman–Crippen LogP) is 2.38. The van der Waals surface area contributed by atoms with Crippen LogP contribution in [0.2, 0.25) is 0 Å². The van der Waals surface area contributed by atoms with Crippen LogP contribution in [0, 0.1) is 5.92 Å². The van der Waals surface area contributed by atoms with E-state index in [9.17, 15) is 14.7 Å². The number of carbonyl (C=O) groups is 2. The van der Waals surface area contributed by atoms with Gasteiger partial charge in [0.2, 0.25) is 0 Å². The predicted molar refractivity (Wildman–Crippen MR) is 114 cm³/mol. The molecule has 3 atom stereocenters. The number of hydrogen-bond acceptors (Lipinski definition) is 4. The number of fused-ring (bicyclic) bond motifs is 1. The van der Waals surface area contributed by atoms with Crippen LogP contribution in [-0.2, 0) is 4.74 Å². The maximum Gasteiger partial charge on any atom is 0.251 e. The zero-order valence-corrected chi connectivity index (χ0v) is 16.5. The molecular formula is C24H24N2O4. The van der Waals surface area contributed by atoms with Gasteiger partial charge in [-0.2, -0.15) is 0 Å². The number of aliphatic hydroxyl groups is 1. The van der Waals surface area contributed by atoms with Gasteiger partial charge < -0.3 is 20.5 Å². The lowest BCUT2D eigenvalue weighted by Crippen LogP contribution is -2.41. The van der Waals surface area contributed by atoms with Gasteiger partial charge in [0.05, 0.1) is 12.7 Å². The summed E-state index contributed by atoms with van der Waals surface area (Å²) in [5.74, 6) is -0.617. The average Bonchev–Trinajstić information content (AvgIpc) is 3.15. The number of hydrogen-bond donors (Lipinski definition) is 3. The Hall–Kier alpha value is -3.22. The number of carbonyl (C=O) groups excluding carboxylic acids is 2. The maximum absolute atomic E-state index is 12.5. The molecule has 0 radical (unpaired) electrons. The van der Waals surface area contributed by atoms with Crippen LogP contribution in [0.25, 0.3) is 10.8 Å². The second kappa shape index (κ2) is 9.07. The molecule has 3 aromatic carbocycles. The minimum atomic E-state index is -0.766. The monoisotopic (exact) mass is 404 g/mol. The number of rotatable bonds is 6. The van der Waals surface area contributed by atoms with Crippen molar-refractivity contribution >= 4 is 22.6 Å². The molecule has 3 aromatic rings. The number of aliphatic hydroxyl groups excluding tert-OH is 1. The summed E-state index contributed by atoms with van der Waals surface area (Å²) >= 11 is 0. The first-order chi connectivity index (χ1) is 14.6. The first kappa shape index (κ1) is 20.1. The Morgan fingerprint density at radius 1 is 0.833 bits per heavy atom. The maximum atomic E-state index is 12.5. The van der Waals surface area contributed by atoms with E-state index in [1.165, 1.54) is 0 Å². The van der Waals surface area contributed by atoms with E-state index in [1.807, 2.05) is 42.5 Å². The first-order valence-electron chi connectivity index (χ1n) is 10.0. The SMILES string of the molecule is O=C(NC[C@@H]1CO[C@H](CNC(=O)c2ccc3ccccc3c2)[C@H]1O)c1ccccc1. The lowest BCUT2D eigenvalue weighted by atomic mass is 10.0. The van der Waals surface area contributed by atoms with E-state index < -0.39 is 12.2 Å². The summed E-state index contributed by atoms with van der Waals surface area (Å²) in [6, 6.07) is 22.3. The summed E-state index contributed by atoms with van der Waals surface area (Å²) in [5, 5.41) is 18.3. The van der Waals surface area contributed by atoms with Crippen molar-refractivity contribution in [2.75, 3.05) is 19.7 Å². The molecule has 4 rings (SSSR count). The molecule has 0 bridgehead atoms. The third kappa shape index (κ3) is 4.50. The molecule has 30 heavy (non-hydrogen) atoms. The molecular weight excluding hydrogens is 380 g/mol. The Kier molecular flexibility index (Phi) is 6.07. The van der Waals surface area contributed by atoms with Gasteiger partial charge in [-0.05, 0) is 35.0 Å². The van der Waals surface area contributed by atoms with Gasteiger partial charge in [-0.1, -0.05) is 48.5 Å². The lowest BCUT2D eigenvalue weighted by Gasteiger charge is -2.18. The average molecular weight is 404 g/mol. The van der Waals surface area contributed by atoms with Gasteiger partial charge >= 0.3 is 0 Å². The first-order valence-corrected chi connectivity index (χ1v) is 10.0. The summed E-state index contributed by atoms with van der Waals surface area (Å²) in [4.78, 5) is 24.7. The highest BCUT2D eigenvalue weighted by molar-refractivity contribution is 5.98. The van der Waals surface area contributed by atoms with Crippen molar-refractivity contribution in [3.05, 3.63) is 83.9 Å². The highest BCUT2D eigenvalue weighted by Gasteiger charge is 2.36. The summed E-state index contributed by atoms with van der Waals surface area (Å²) in [6.07, 6.45) is -1.27. The van der Waals surface area contributed by atoms with E-state index >= 15 is 0 Å². The standard InChI is InChI=1S/C24H24N2O4/c27-22-20(13-25-23(28)17-7-2-1-3-8-17)15-30-21(22)14-26-24(29)19-11-10-16-6-4-5-9-18(16)12-19/h1-12,20-22,27H,13-15H2,(H,25,28)(H,26,29)/t20-,21-,22+/m1/s1. The summed E-state index contributed by atoms with van der Waals surface area (Å²) in [5.41, 5.74) is 1.14. The number of ether oxygens (including phenoxy) is 1. The molecule has 154 valence electrons. The highest BCUT2D eigenvalue weighted by atomic mass is 16.5. The van der Waals surface area contributed by atoms with Crippen molar-refractivity contribution in [1.29, 1.82) is 0 Å². The summed E-state index contributed by atoms with van der Waals surface area (Å²) in [7, 11) is 0. The molecule has 0 unspecified atom stereocenters. The molecule has 1 saturated heterocycles. The van der Waals surface area contributed by atoms with Crippen molar-refractivity contribution in [2.24, 2.45) is 5.92 Å². The van der Waals surface area contributed by atoms with Crippen molar-refractivity contribution in [3.63, 3.8) is 0 Å². The molecule has 6 nitrogen and oxygen atoms in total. The molecule has 0 spiro atoms. The van der Waals surface area contributed by atoms with E-state index in [0.29, 0.717) is 24.3 Å². The highest BCUT2D eigenvalue weighted by Crippen LogP contribution is 2.20. The van der Waals surface area contributed by atoms with E-state index in [0.717, 1.165) is 10.8 Å². The number of amides is 2. The van der Waals surface area contributed by atoms with E-state index in [-0.39, 0.29) is 24.3 Å². The largest absolute Gasteiger partial charge is 0.390 e. The van der Waals surface area contributed by atoms with Crippen LogP contribution in [0.15, 0.2) is 72.8 Å². The quantitative estimate of drug-likeness (QED) is 0.589. The van der Waals surface area contributed by atoms with Gasteiger partial charge in [-0.25, -0.2) is 0 Å². The summed E-state index contributed by atoms with van der Waals surface area (Å²) in [6.45, 7) is 0.840. The second-order valence-corrected chi connectivity index (χ2v) is 7.47. The fourth-order valence-corrected chi connectivity index (χ4v) is 3.65. The van der Waals surface area contributed by atoms with Crippen LogP contribution in [0.4, 0.5) is 0 Å². The summed E-state index contributed by atoms with van der Waals surface area (Å²) < 4.78 is 5.66. The van der Waals surface area contributed by atoms with Crippen molar-refractivity contribution in [1.82, 2.24) is 10.6 Å². The van der Waals surface area contributed by atoms with Gasteiger partial charge in [0.15, 0.2) is 0 Å². The van der Waals surface area contributed by atoms with Gasteiger partial charge in [-0.3, -0.25) is 9.59 Å². The molecule has 0 aliphatic carbocycles. The fraction of sp³-hybridized carbons (Fsp3) is 0.250. The van der Waals surface area contributed by atoms with Crippen LogP contribution >= 0.6 is 0 Å². The molecule has 3 N–H and O–H groups in total. The Morgan fingerprint density at radius 3 is 2.30 bits per heavy atom. The van der Waals surface area contributed by atoms with E-state index in [4.69, 9.17) is 4.74 Å². The molecule has 1 aliphatic heterocycles. The van der Waals surface area contributed by atoms with Crippen molar-refractivity contribution < 1.29 is 19.4 Å². The zero-order chi connectivity index (χ0) is 20.9. The third-order valence-electron chi connectivity index (χ3n) is 5.42. The van der Waals surface area contributed by atoms with E-state index in [1.54, 1.807) is 30.3 Å². The smallest absolute Gasteiger partial charge is 0.251 e. The van der Waals surface area contributed by atoms with Crippen molar-refractivity contribution in [3.8, 4) is 0 Å². The van der Waals surface area contributed by atoms with Gasteiger partial charge in [0, 0.05) is 30.1 Å².